The van der Waals surface area contributed by atoms with Crippen molar-refractivity contribution in [1.82, 2.24) is 5.32 Å². The number of nitrogens with one attached hydrogen (secondary N) is 2. The summed E-state index contributed by atoms with van der Waals surface area (Å²) < 4.78 is 0. The van der Waals surface area contributed by atoms with Gasteiger partial charge in [0.2, 0.25) is 5.91 Å². The Bertz CT molecular complexity index is 522. The van der Waals surface area contributed by atoms with E-state index in [2.05, 4.69) is 10.6 Å². The fraction of sp³-hybridized carbons (Fsp3) is 0.467. The Balaban J connectivity index is 2.06. The van der Waals surface area contributed by atoms with Gasteiger partial charge in [0.05, 0.1) is 5.54 Å². The van der Waals surface area contributed by atoms with E-state index in [9.17, 15) is 9.59 Å². The van der Waals surface area contributed by atoms with Gasteiger partial charge in [0, 0.05) is 17.3 Å². The van der Waals surface area contributed by atoms with Gasteiger partial charge in [0.1, 0.15) is 0 Å². The van der Waals surface area contributed by atoms with Crippen molar-refractivity contribution in [3.8, 4) is 0 Å². The molecule has 0 radical (unpaired) electrons. The molecule has 2 rings (SSSR count). The normalized spacial score (nSPS) is 16.4. The summed E-state index contributed by atoms with van der Waals surface area (Å²) in [5.74, 6) is -0.327. The van der Waals surface area contributed by atoms with Crippen LogP contribution < -0.4 is 16.4 Å². The zero-order chi connectivity index (χ0) is 14.8. The molecule has 0 aliphatic heterocycles. The lowest BCUT2D eigenvalue weighted by Crippen LogP contribution is -2.56. The second-order valence-corrected chi connectivity index (χ2v) is 5.67. The van der Waals surface area contributed by atoms with Crippen LogP contribution in [0.1, 0.15) is 43.5 Å². The molecule has 0 spiro atoms. The number of hydrogen-bond acceptors (Lipinski definition) is 3. The summed E-state index contributed by atoms with van der Waals surface area (Å²) in [6, 6.07) is 6.95. The SMILES string of the molecule is CC(C)NC(=O)c1cccc(NC(=O)C2(N)CCC2)c1. The molecule has 1 aliphatic carbocycles. The Morgan fingerprint density at radius 3 is 2.55 bits per heavy atom. The average Bonchev–Trinajstić information content (AvgIpc) is 2.35. The molecule has 108 valence electrons. The highest BCUT2D eigenvalue weighted by Crippen LogP contribution is 2.30. The Hall–Kier alpha value is -1.88. The predicted molar refractivity (Wildman–Crippen MR) is 78.4 cm³/mol. The van der Waals surface area contributed by atoms with Crippen LogP contribution in [0.2, 0.25) is 0 Å². The smallest absolute Gasteiger partial charge is 0.251 e. The van der Waals surface area contributed by atoms with Crippen LogP contribution in [0.5, 0.6) is 0 Å². The van der Waals surface area contributed by atoms with Crippen molar-refractivity contribution in [2.75, 3.05) is 5.32 Å². The van der Waals surface area contributed by atoms with Gasteiger partial charge in [-0.3, -0.25) is 9.59 Å². The number of rotatable bonds is 4. The lowest BCUT2D eigenvalue weighted by Gasteiger charge is -2.36. The lowest BCUT2D eigenvalue weighted by molar-refractivity contribution is -0.123. The minimum Gasteiger partial charge on any atom is -0.350 e. The van der Waals surface area contributed by atoms with E-state index >= 15 is 0 Å². The van der Waals surface area contributed by atoms with Gasteiger partial charge in [-0.25, -0.2) is 0 Å². The number of anilines is 1. The van der Waals surface area contributed by atoms with Gasteiger partial charge in [-0.05, 0) is 51.3 Å². The highest BCUT2D eigenvalue weighted by atomic mass is 16.2. The molecule has 20 heavy (non-hydrogen) atoms. The van der Waals surface area contributed by atoms with Crippen molar-refractivity contribution in [2.24, 2.45) is 5.73 Å². The van der Waals surface area contributed by atoms with Crippen LogP contribution in [-0.2, 0) is 4.79 Å². The highest BCUT2D eigenvalue weighted by Gasteiger charge is 2.40. The van der Waals surface area contributed by atoms with Crippen molar-refractivity contribution in [3.05, 3.63) is 29.8 Å². The Labute approximate surface area is 118 Å². The Kier molecular flexibility index (Phi) is 4.09. The van der Waals surface area contributed by atoms with Gasteiger partial charge in [0.15, 0.2) is 0 Å². The van der Waals surface area contributed by atoms with Crippen molar-refractivity contribution < 1.29 is 9.59 Å². The molecule has 0 atom stereocenters. The summed E-state index contributed by atoms with van der Waals surface area (Å²) in [7, 11) is 0. The van der Waals surface area contributed by atoms with Crippen LogP contribution in [0, 0.1) is 0 Å². The van der Waals surface area contributed by atoms with Crippen LogP contribution in [-0.4, -0.2) is 23.4 Å². The molecular weight excluding hydrogens is 254 g/mol. The molecule has 0 bridgehead atoms. The predicted octanol–water partition coefficient (Wildman–Crippen LogP) is 1.64. The van der Waals surface area contributed by atoms with Gasteiger partial charge in [-0.2, -0.15) is 0 Å². The fourth-order valence-electron chi connectivity index (χ4n) is 2.12. The molecule has 4 N–H and O–H groups in total. The Morgan fingerprint density at radius 1 is 1.30 bits per heavy atom. The monoisotopic (exact) mass is 275 g/mol. The molecule has 2 amide bonds. The van der Waals surface area contributed by atoms with Crippen LogP contribution >= 0.6 is 0 Å². The third-order valence-corrected chi connectivity index (χ3v) is 3.50. The van der Waals surface area contributed by atoms with Crippen molar-refractivity contribution in [3.63, 3.8) is 0 Å². The van der Waals surface area contributed by atoms with E-state index < -0.39 is 5.54 Å². The van der Waals surface area contributed by atoms with E-state index in [0.717, 1.165) is 6.42 Å². The highest BCUT2D eigenvalue weighted by molar-refractivity contribution is 6.00. The number of carbonyl (C=O) groups excluding carboxylic acids is 2. The zero-order valence-electron chi connectivity index (χ0n) is 11.9. The Morgan fingerprint density at radius 2 is 2.00 bits per heavy atom. The quantitative estimate of drug-likeness (QED) is 0.781. The standard InChI is InChI=1S/C15H21N3O2/c1-10(2)17-13(19)11-5-3-6-12(9-11)18-14(20)15(16)7-4-8-15/h3,5-6,9-10H,4,7-8,16H2,1-2H3,(H,17,19)(H,18,20). The number of benzene rings is 1. The lowest BCUT2D eigenvalue weighted by atomic mass is 9.77. The molecule has 1 saturated carbocycles. The summed E-state index contributed by atoms with van der Waals surface area (Å²) in [5.41, 5.74) is 6.35. The molecule has 5 heteroatoms. The average molecular weight is 275 g/mol. The van der Waals surface area contributed by atoms with Gasteiger partial charge in [-0.15, -0.1) is 0 Å². The molecule has 5 nitrogen and oxygen atoms in total. The first-order valence-corrected chi connectivity index (χ1v) is 6.92. The zero-order valence-corrected chi connectivity index (χ0v) is 11.9. The summed E-state index contributed by atoms with van der Waals surface area (Å²) in [6.45, 7) is 3.80. The summed E-state index contributed by atoms with van der Waals surface area (Å²) in [5, 5.41) is 5.60. The van der Waals surface area contributed by atoms with E-state index in [1.807, 2.05) is 13.8 Å². The number of amides is 2. The largest absolute Gasteiger partial charge is 0.350 e. The number of carbonyl (C=O) groups is 2. The van der Waals surface area contributed by atoms with E-state index in [1.54, 1.807) is 24.3 Å². The van der Waals surface area contributed by atoms with Gasteiger partial charge in [-0.1, -0.05) is 6.07 Å². The second kappa shape index (κ2) is 5.63. The third kappa shape index (κ3) is 3.17. The van der Waals surface area contributed by atoms with Gasteiger partial charge in [0.25, 0.3) is 5.91 Å². The summed E-state index contributed by atoms with van der Waals surface area (Å²) in [4.78, 5) is 23.9. The number of hydrogen-bond donors (Lipinski definition) is 3. The van der Waals surface area contributed by atoms with Crippen LogP contribution in [0.25, 0.3) is 0 Å². The van der Waals surface area contributed by atoms with Crippen LogP contribution in [0.4, 0.5) is 5.69 Å². The molecule has 0 saturated heterocycles. The first kappa shape index (κ1) is 14.5. The maximum absolute atomic E-state index is 12.0. The van der Waals surface area contributed by atoms with E-state index in [4.69, 9.17) is 5.73 Å². The molecule has 1 aromatic rings. The first-order valence-electron chi connectivity index (χ1n) is 6.92. The van der Waals surface area contributed by atoms with Crippen molar-refractivity contribution in [1.29, 1.82) is 0 Å². The number of nitrogens with two attached hydrogens (primary N) is 1. The summed E-state index contributed by atoms with van der Waals surface area (Å²) in [6.07, 6.45) is 2.42. The van der Waals surface area contributed by atoms with E-state index in [0.29, 0.717) is 24.1 Å². The third-order valence-electron chi connectivity index (χ3n) is 3.50. The molecule has 0 aromatic heterocycles. The molecule has 1 aliphatic rings. The summed E-state index contributed by atoms with van der Waals surface area (Å²) >= 11 is 0. The molecule has 1 fully saturated rings. The van der Waals surface area contributed by atoms with Crippen molar-refractivity contribution in [2.45, 2.75) is 44.7 Å². The second-order valence-electron chi connectivity index (χ2n) is 5.67. The van der Waals surface area contributed by atoms with Crippen molar-refractivity contribution >= 4 is 17.5 Å². The van der Waals surface area contributed by atoms with E-state index in [1.165, 1.54) is 0 Å². The van der Waals surface area contributed by atoms with Crippen LogP contribution in [0.3, 0.4) is 0 Å². The maximum atomic E-state index is 12.0. The molecular formula is C15H21N3O2. The minimum absolute atomic E-state index is 0.0723. The molecule has 0 unspecified atom stereocenters. The topological polar surface area (TPSA) is 84.2 Å². The maximum Gasteiger partial charge on any atom is 0.251 e. The van der Waals surface area contributed by atoms with Gasteiger partial charge < -0.3 is 16.4 Å². The molecule has 1 aromatic carbocycles. The minimum atomic E-state index is -0.740. The molecule has 0 heterocycles. The van der Waals surface area contributed by atoms with Gasteiger partial charge >= 0.3 is 0 Å². The first-order chi connectivity index (χ1) is 9.40. The van der Waals surface area contributed by atoms with Crippen LogP contribution in [0.15, 0.2) is 24.3 Å². The van der Waals surface area contributed by atoms with E-state index in [-0.39, 0.29) is 17.9 Å². The fourth-order valence-corrected chi connectivity index (χ4v) is 2.12.